The van der Waals surface area contributed by atoms with E-state index in [2.05, 4.69) is 400 Å². The number of H-pyrrole nitrogens is 1. The molecule has 4 nitrogen and oxygen atoms in total. The molecule has 0 fully saturated rings. The van der Waals surface area contributed by atoms with Crippen LogP contribution < -0.4 is 0 Å². The summed E-state index contributed by atoms with van der Waals surface area (Å²) in [6.45, 7) is 57.9. The molecule has 5 heterocycles. The van der Waals surface area contributed by atoms with Crippen LogP contribution in [0.5, 0.6) is 0 Å². The summed E-state index contributed by atoms with van der Waals surface area (Å²) >= 11 is 0. The molecule has 8 bridgehead atoms. The minimum absolute atomic E-state index is 0.214. The number of benzene rings is 8. The lowest BCUT2D eigenvalue weighted by Gasteiger charge is -2.34. The summed E-state index contributed by atoms with van der Waals surface area (Å²) in [5.41, 5.74) is 31.7. The third-order valence-electron chi connectivity index (χ3n) is 21.1. The molecule has 13 rings (SSSR count). The van der Waals surface area contributed by atoms with Crippen LogP contribution in [0.25, 0.3) is 118 Å². The summed E-state index contributed by atoms with van der Waals surface area (Å²) < 4.78 is 2.80. The van der Waals surface area contributed by atoms with Crippen molar-refractivity contribution >= 4 is 45.9 Å². The topological polar surface area (TPSA) is 46.5 Å². The van der Waals surface area contributed by atoms with Crippen LogP contribution in [0, 0.1) is 0 Å². The maximum atomic E-state index is 6.58. The van der Waals surface area contributed by atoms with Crippen LogP contribution in [0.4, 0.5) is 0 Å². The average molecular weight is 1370 g/mol. The average Bonchev–Trinajstić information content (AvgIpc) is 1.52. The standard InChI is InChI=1S/C100H110N4/c1-93(2,3)70-52-37-49-66(86(70)97(13,14)15)69-61-78-81(63-43-31-26-32-44-63)76-58-57-74(101-76)80(62-41-29-25-30-42-62)75-59-60-77(102-75)82(64-45-33-27-34-46-64)91-84(67-50-38-53-71(94(4,5)6)87(67)98(16,17)18)85(68-51-39-54-72(95(7,8)9)88(68)99(19,20)21)92(83(90(69)103-78)65-47-35-28-36-48-65)104(91)79-56-40-55-73(96(10,11)12)89(79)100(22,23)24/h25-61,101H,1-24H3. The molecule has 11 aromatic rings. The van der Waals surface area contributed by atoms with Gasteiger partial charge in [-0.3, -0.25) is 0 Å². The minimum atomic E-state index is -0.412. The number of hydrogen-bond acceptors (Lipinski definition) is 2. The van der Waals surface area contributed by atoms with Gasteiger partial charge in [-0.1, -0.05) is 354 Å². The Morgan fingerprint density at radius 3 is 0.962 bits per heavy atom. The Kier molecular flexibility index (Phi) is 18.3. The quantitative estimate of drug-likeness (QED) is 0.165. The highest BCUT2D eigenvalue weighted by atomic mass is 15.0. The van der Waals surface area contributed by atoms with E-state index in [9.17, 15) is 0 Å². The van der Waals surface area contributed by atoms with Gasteiger partial charge in [-0.05, 0) is 163 Å². The SMILES string of the molecule is CC(C)(C)c1cccc(C2=Cc3nc2c(-c2ccccc2)c2c(-c4cccc(C(C)(C)C)c4C(C)(C)C)c(-c4cccc(C(C)(C)C)c4C(C)(C)C)c(c(-c4ccccc4)c4nc(c(-c5ccccc5)c5ccc([nH]5)c3-c3ccccc3)C=C4)n2-c2cccc(C(C)(C)C)c2C(C)(C)C)c1C(C)(C)C. The maximum Gasteiger partial charge on any atom is 0.0816 e. The first-order valence-corrected chi connectivity index (χ1v) is 37.8. The van der Waals surface area contributed by atoms with E-state index in [1.165, 1.54) is 55.6 Å². The lowest BCUT2D eigenvalue weighted by atomic mass is 9.70. The van der Waals surface area contributed by atoms with Gasteiger partial charge in [0.05, 0.1) is 39.5 Å². The van der Waals surface area contributed by atoms with Crippen molar-refractivity contribution in [2.45, 2.75) is 209 Å². The molecule has 4 heteroatoms. The van der Waals surface area contributed by atoms with Gasteiger partial charge in [0.15, 0.2) is 0 Å². The number of fused-ring (bicyclic) bond motifs is 8. The fraction of sp³-hybridized carbons (Fsp3) is 0.320. The first kappa shape index (κ1) is 72.7. The molecule has 1 N–H and O–H groups in total. The van der Waals surface area contributed by atoms with E-state index in [-0.39, 0.29) is 37.9 Å². The van der Waals surface area contributed by atoms with E-state index >= 15 is 0 Å². The molecule has 2 aliphatic heterocycles. The maximum absolute atomic E-state index is 6.58. The summed E-state index contributed by atoms with van der Waals surface area (Å²) in [7, 11) is 0. The zero-order chi connectivity index (χ0) is 74.8. The Bertz CT molecular complexity index is 5370. The summed E-state index contributed by atoms with van der Waals surface area (Å²) in [4.78, 5) is 16.9. The predicted octanol–water partition coefficient (Wildman–Crippen LogP) is 27.9. The van der Waals surface area contributed by atoms with Gasteiger partial charge in [-0.25, -0.2) is 9.97 Å². The highest BCUT2D eigenvalue weighted by Gasteiger charge is 2.41. The number of nitrogens with one attached hydrogen (secondary N) is 1. The fourth-order valence-corrected chi connectivity index (χ4v) is 16.9. The van der Waals surface area contributed by atoms with Crippen molar-refractivity contribution in [2.24, 2.45) is 0 Å². The molecule has 0 unspecified atom stereocenters. The van der Waals surface area contributed by atoms with Crippen molar-refractivity contribution in [1.82, 2.24) is 19.5 Å². The zero-order valence-electron chi connectivity index (χ0n) is 66.7. The molecular formula is C100H110N4. The Balaban J connectivity index is 1.55. The van der Waals surface area contributed by atoms with Crippen LogP contribution in [0.15, 0.2) is 206 Å². The molecule has 0 saturated heterocycles. The van der Waals surface area contributed by atoms with E-state index in [1.807, 2.05) is 0 Å². The van der Waals surface area contributed by atoms with Gasteiger partial charge in [-0.15, -0.1) is 0 Å². The highest BCUT2D eigenvalue weighted by Crippen LogP contribution is 2.58. The molecule has 0 amide bonds. The molecule has 3 aromatic heterocycles. The van der Waals surface area contributed by atoms with Gasteiger partial charge in [-0.2, -0.15) is 0 Å². The van der Waals surface area contributed by atoms with Crippen LogP contribution in [-0.4, -0.2) is 19.5 Å². The normalized spacial score (nSPS) is 13.4. The van der Waals surface area contributed by atoms with E-state index in [4.69, 9.17) is 9.97 Å². The second-order valence-corrected chi connectivity index (χ2v) is 37.5. The molecule has 104 heavy (non-hydrogen) atoms. The second kappa shape index (κ2) is 26.2. The Hall–Kier alpha value is -9.64. The molecule has 0 radical (unpaired) electrons. The molecule has 0 aliphatic carbocycles. The van der Waals surface area contributed by atoms with Crippen LogP contribution >= 0.6 is 0 Å². The van der Waals surface area contributed by atoms with E-state index < -0.39 is 5.41 Å². The van der Waals surface area contributed by atoms with E-state index in [1.54, 1.807) is 0 Å². The Morgan fingerprint density at radius 2 is 0.577 bits per heavy atom. The number of hydrogen-bond donors (Lipinski definition) is 1. The first-order chi connectivity index (χ1) is 48.7. The number of nitrogens with zero attached hydrogens (tertiary/aromatic N) is 3. The lowest BCUT2D eigenvalue weighted by Crippen LogP contribution is -2.24. The second-order valence-electron chi connectivity index (χ2n) is 37.5. The molecule has 530 valence electrons. The van der Waals surface area contributed by atoms with Gasteiger partial charge < -0.3 is 9.55 Å². The third-order valence-corrected chi connectivity index (χ3v) is 21.1. The zero-order valence-corrected chi connectivity index (χ0v) is 66.7. The van der Waals surface area contributed by atoms with Crippen molar-refractivity contribution in [1.29, 1.82) is 0 Å². The van der Waals surface area contributed by atoms with E-state index in [0.29, 0.717) is 0 Å². The largest absolute Gasteiger partial charge is 0.354 e. The third kappa shape index (κ3) is 13.3. The van der Waals surface area contributed by atoms with Crippen LogP contribution in [0.3, 0.4) is 0 Å². The minimum Gasteiger partial charge on any atom is -0.354 e. The number of aromatic amines is 1. The van der Waals surface area contributed by atoms with Crippen molar-refractivity contribution in [3.8, 4) is 72.4 Å². The van der Waals surface area contributed by atoms with Gasteiger partial charge in [0.25, 0.3) is 0 Å². The summed E-state index contributed by atoms with van der Waals surface area (Å²) in [5, 5.41) is 0. The van der Waals surface area contributed by atoms with Gasteiger partial charge in [0.1, 0.15) is 0 Å². The molecule has 8 aromatic carbocycles. The van der Waals surface area contributed by atoms with Crippen LogP contribution in [0.1, 0.15) is 239 Å². The predicted molar refractivity (Wildman–Crippen MR) is 451 cm³/mol. The van der Waals surface area contributed by atoms with Crippen molar-refractivity contribution in [3.05, 3.63) is 279 Å². The van der Waals surface area contributed by atoms with Crippen LogP contribution in [0.2, 0.25) is 0 Å². The molecule has 0 atom stereocenters. The smallest absolute Gasteiger partial charge is 0.0816 e. The van der Waals surface area contributed by atoms with Gasteiger partial charge in [0, 0.05) is 50.0 Å². The van der Waals surface area contributed by atoms with Crippen molar-refractivity contribution in [2.75, 3.05) is 0 Å². The summed E-state index contributed by atoms with van der Waals surface area (Å²) in [5.74, 6) is 0. The number of aromatic nitrogens is 4. The molecular weight excluding hydrogens is 1260 g/mol. The van der Waals surface area contributed by atoms with Crippen LogP contribution in [-0.2, 0) is 43.3 Å². The Morgan fingerprint density at radius 1 is 0.260 bits per heavy atom. The lowest BCUT2D eigenvalue weighted by molar-refractivity contribution is 0.528. The fourth-order valence-electron chi connectivity index (χ4n) is 16.9. The molecule has 2 aliphatic rings. The first-order valence-electron chi connectivity index (χ1n) is 37.8. The Labute approximate surface area is 622 Å². The number of rotatable bonds is 8. The summed E-state index contributed by atoms with van der Waals surface area (Å²) in [6, 6.07) is 77.8. The van der Waals surface area contributed by atoms with Gasteiger partial charge >= 0.3 is 0 Å². The van der Waals surface area contributed by atoms with Crippen molar-refractivity contribution < 1.29 is 0 Å². The van der Waals surface area contributed by atoms with Crippen molar-refractivity contribution in [3.63, 3.8) is 0 Å². The van der Waals surface area contributed by atoms with Gasteiger partial charge in [0.2, 0.25) is 0 Å². The molecule has 0 saturated carbocycles. The highest BCUT2D eigenvalue weighted by molar-refractivity contribution is 6.17. The monoisotopic (exact) mass is 1370 g/mol. The summed E-state index contributed by atoms with van der Waals surface area (Å²) in [6.07, 6.45) is 7.06. The molecule has 0 spiro atoms. The van der Waals surface area contributed by atoms with E-state index in [0.717, 1.165) is 117 Å².